The summed E-state index contributed by atoms with van der Waals surface area (Å²) in [7, 11) is 0. The molecule has 3 heterocycles. The number of piperazine rings is 1. The summed E-state index contributed by atoms with van der Waals surface area (Å²) >= 11 is 0. The molecule has 1 spiro atoms. The van der Waals surface area contributed by atoms with E-state index in [2.05, 4.69) is 20.9 Å². The maximum atomic E-state index is 13.4. The average molecular weight is 510 g/mol. The van der Waals surface area contributed by atoms with Crippen molar-refractivity contribution < 1.29 is 14.4 Å². The van der Waals surface area contributed by atoms with Crippen LogP contribution >= 0.6 is 0 Å². The quantitative estimate of drug-likeness (QED) is 0.501. The predicted molar refractivity (Wildman–Crippen MR) is 145 cm³/mol. The first-order chi connectivity index (χ1) is 18.2. The molecule has 2 aromatic carbocycles. The Balaban J connectivity index is 1.22. The Hall–Kier alpha value is -4.04. The van der Waals surface area contributed by atoms with E-state index in [-0.39, 0.29) is 36.3 Å². The number of anilines is 2. The molecular formula is C30H31N5O3. The van der Waals surface area contributed by atoms with Gasteiger partial charge in [-0.15, -0.1) is 0 Å². The van der Waals surface area contributed by atoms with Crippen molar-refractivity contribution >= 4 is 29.2 Å². The number of amides is 3. The molecule has 8 nitrogen and oxygen atoms in total. The smallest absolute Gasteiger partial charge is 0.244 e. The number of carbonyl (C=O) groups excluding carboxylic acids is 3. The van der Waals surface area contributed by atoms with Gasteiger partial charge in [-0.05, 0) is 68.5 Å². The molecule has 0 bridgehead atoms. The molecule has 8 heteroatoms. The maximum absolute atomic E-state index is 13.4. The number of nitrogens with zero attached hydrogens (tertiary/aromatic N) is 2. The summed E-state index contributed by atoms with van der Waals surface area (Å²) in [6.45, 7) is 5.68. The van der Waals surface area contributed by atoms with E-state index in [0.717, 1.165) is 22.3 Å². The van der Waals surface area contributed by atoms with E-state index in [1.54, 1.807) is 11.1 Å². The van der Waals surface area contributed by atoms with Crippen LogP contribution in [0, 0.1) is 0 Å². The molecule has 194 valence electrons. The highest BCUT2D eigenvalue weighted by Crippen LogP contribution is 2.47. The number of benzene rings is 2. The molecule has 0 radical (unpaired) electrons. The minimum Gasteiger partial charge on any atom is -0.325 e. The molecule has 6 rings (SSSR count). The molecule has 3 amide bonds. The zero-order valence-electron chi connectivity index (χ0n) is 21.7. The van der Waals surface area contributed by atoms with Crippen LogP contribution in [0.5, 0.6) is 0 Å². The lowest BCUT2D eigenvalue weighted by molar-refractivity contribution is -0.148. The fourth-order valence-electron chi connectivity index (χ4n) is 6.45. The summed E-state index contributed by atoms with van der Waals surface area (Å²) in [5.41, 5.74) is 3.24. The fraction of sp³-hybridized carbons (Fsp3) is 0.333. The van der Waals surface area contributed by atoms with Crippen molar-refractivity contribution in [2.24, 2.45) is 0 Å². The van der Waals surface area contributed by atoms with E-state index >= 15 is 0 Å². The first-order valence-electron chi connectivity index (χ1n) is 13.0. The Morgan fingerprint density at radius 1 is 1.05 bits per heavy atom. The number of fused-ring (bicyclic) bond motifs is 3. The largest absolute Gasteiger partial charge is 0.325 e. The van der Waals surface area contributed by atoms with Crippen LogP contribution < -0.4 is 16.0 Å². The van der Waals surface area contributed by atoms with E-state index in [0.29, 0.717) is 24.3 Å². The van der Waals surface area contributed by atoms with E-state index in [4.69, 9.17) is 0 Å². The summed E-state index contributed by atoms with van der Waals surface area (Å²) in [6.07, 6.45) is 2.83. The number of nitrogens with one attached hydrogen (secondary N) is 3. The average Bonchev–Trinajstić information content (AvgIpc) is 3.40. The summed E-state index contributed by atoms with van der Waals surface area (Å²) in [4.78, 5) is 45.7. The molecule has 2 aliphatic heterocycles. The summed E-state index contributed by atoms with van der Waals surface area (Å²) in [6, 6.07) is 19.1. The Bertz CT molecular complexity index is 1450. The van der Waals surface area contributed by atoms with Crippen LogP contribution in [-0.2, 0) is 32.6 Å². The molecule has 3 atom stereocenters. The Labute approximate surface area is 221 Å². The second-order valence-corrected chi connectivity index (χ2v) is 11.2. The number of hydrogen-bond donors (Lipinski definition) is 3. The van der Waals surface area contributed by atoms with Gasteiger partial charge in [-0.25, -0.2) is 4.98 Å². The normalized spacial score (nSPS) is 25.2. The molecular weight excluding hydrogens is 478 g/mol. The van der Waals surface area contributed by atoms with E-state index in [1.807, 2.05) is 81.4 Å². The molecule has 1 fully saturated rings. The summed E-state index contributed by atoms with van der Waals surface area (Å²) in [5, 5.41) is 9.33. The molecule has 3 unspecified atom stereocenters. The van der Waals surface area contributed by atoms with Crippen molar-refractivity contribution in [3.8, 4) is 0 Å². The molecule has 1 aromatic heterocycles. The summed E-state index contributed by atoms with van der Waals surface area (Å²) < 4.78 is 0. The third-order valence-corrected chi connectivity index (χ3v) is 8.11. The van der Waals surface area contributed by atoms with Crippen LogP contribution in [-0.4, -0.2) is 45.7 Å². The SMILES string of the molecule is CC1NC(C)(C)C(=O)N(CC(=O)Nc2ccc3c(c2)CC2(C3)C(=O)Nc3ncccc32)C1c1ccccc1. The van der Waals surface area contributed by atoms with Crippen molar-refractivity contribution in [2.45, 2.75) is 56.7 Å². The number of rotatable bonds is 4. The topological polar surface area (TPSA) is 103 Å². The second-order valence-electron chi connectivity index (χ2n) is 11.2. The van der Waals surface area contributed by atoms with E-state index < -0.39 is 11.0 Å². The van der Waals surface area contributed by atoms with Crippen LogP contribution in [0.25, 0.3) is 0 Å². The van der Waals surface area contributed by atoms with Crippen LogP contribution in [0.4, 0.5) is 11.5 Å². The monoisotopic (exact) mass is 509 g/mol. The standard InChI is InChI=1S/C30H31N5O3/c1-18-25(19-8-5-4-6-9-19)35(28(38)29(2,3)34-18)17-24(36)32-22-12-11-20-15-30(16-21(20)14-22)23-10-7-13-31-26(23)33-27(30)37/h4-14,18,25,34H,15-17H2,1-3H3,(H,32,36)(H,31,33,37). The number of pyridine rings is 1. The van der Waals surface area contributed by atoms with Crippen molar-refractivity contribution in [3.63, 3.8) is 0 Å². The summed E-state index contributed by atoms with van der Waals surface area (Å²) in [5.74, 6) is 0.221. The Morgan fingerprint density at radius 3 is 2.61 bits per heavy atom. The van der Waals surface area contributed by atoms with Gasteiger partial charge in [-0.3, -0.25) is 19.7 Å². The van der Waals surface area contributed by atoms with Gasteiger partial charge in [0.05, 0.1) is 17.0 Å². The molecule has 1 aliphatic carbocycles. The zero-order valence-corrected chi connectivity index (χ0v) is 21.7. The highest BCUT2D eigenvalue weighted by Gasteiger charge is 2.51. The molecule has 0 saturated carbocycles. The van der Waals surface area contributed by atoms with Gasteiger partial charge in [0.2, 0.25) is 17.7 Å². The molecule has 3 aromatic rings. The minimum absolute atomic E-state index is 0.0334. The number of hydrogen-bond acceptors (Lipinski definition) is 5. The van der Waals surface area contributed by atoms with E-state index in [1.165, 1.54) is 0 Å². The Kier molecular flexibility index (Phi) is 5.61. The van der Waals surface area contributed by atoms with Gasteiger partial charge in [0.25, 0.3) is 0 Å². The van der Waals surface area contributed by atoms with Crippen molar-refractivity contribution in [2.75, 3.05) is 17.2 Å². The number of aromatic nitrogens is 1. The maximum Gasteiger partial charge on any atom is 0.244 e. The predicted octanol–water partition coefficient (Wildman–Crippen LogP) is 3.35. The van der Waals surface area contributed by atoms with Crippen LogP contribution in [0.1, 0.15) is 49.1 Å². The molecule has 3 N–H and O–H groups in total. The van der Waals surface area contributed by atoms with Gasteiger partial charge in [-0.2, -0.15) is 0 Å². The zero-order chi connectivity index (χ0) is 26.7. The molecule has 3 aliphatic rings. The lowest BCUT2D eigenvalue weighted by Crippen LogP contribution is -2.66. The van der Waals surface area contributed by atoms with Crippen LogP contribution in [0.3, 0.4) is 0 Å². The van der Waals surface area contributed by atoms with Gasteiger partial charge in [-0.1, -0.05) is 42.5 Å². The lowest BCUT2D eigenvalue weighted by Gasteiger charge is -2.47. The van der Waals surface area contributed by atoms with Gasteiger partial charge in [0.1, 0.15) is 12.4 Å². The van der Waals surface area contributed by atoms with Crippen LogP contribution in [0.15, 0.2) is 66.9 Å². The highest BCUT2D eigenvalue weighted by atomic mass is 16.2. The third kappa shape index (κ3) is 3.87. The third-order valence-electron chi connectivity index (χ3n) is 8.11. The molecule has 1 saturated heterocycles. The second kappa shape index (κ2) is 8.77. The van der Waals surface area contributed by atoms with Gasteiger partial charge < -0.3 is 15.5 Å². The van der Waals surface area contributed by atoms with Gasteiger partial charge in [0, 0.05) is 23.5 Å². The highest BCUT2D eigenvalue weighted by molar-refractivity contribution is 6.06. The Morgan fingerprint density at radius 2 is 1.82 bits per heavy atom. The minimum atomic E-state index is -0.778. The van der Waals surface area contributed by atoms with Crippen LogP contribution in [0.2, 0.25) is 0 Å². The fourth-order valence-corrected chi connectivity index (χ4v) is 6.45. The van der Waals surface area contributed by atoms with Gasteiger partial charge in [0.15, 0.2) is 0 Å². The van der Waals surface area contributed by atoms with Crippen molar-refractivity contribution in [3.05, 3.63) is 89.1 Å². The van der Waals surface area contributed by atoms with Gasteiger partial charge >= 0.3 is 0 Å². The van der Waals surface area contributed by atoms with Crippen molar-refractivity contribution in [1.29, 1.82) is 0 Å². The first kappa shape index (κ1) is 24.3. The molecule has 38 heavy (non-hydrogen) atoms. The lowest BCUT2D eigenvalue weighted by atomic mass is 9.79. The number of carbonyl (C=O) groups is 3. The van der Waals surface area contributed by atoms with Crippen molar-refractivity contribution in [1.82, 2.24) is 15.2 Å². The first-order valence-corrected chi connectivity index (χ1v) is 13.0. The van der Waals surface area contributed by atoms with E-state index in [9.17, 15) is 14.4 Å².